The zero-order chi connectivity index (χ0) is 13.8. The lowest BCUT2D eigenvalue weighted by Gasteiger charge is -2.24. The fraction of sp³-hybridized carbons (Fsp3) is 0.455. The van der Waals surface area contributed by atoms with Crippen LogP contribution >= 0.6 is 19.2 Å². The molecule has 1 aromatic rings. The second-order valence-corrected chi connectivity index (χ2v) is 6.18. The molecule has 1 atom stereocenters. The molecule has 0 saturated carbocycles. The molecule has 0 aliphatic heterocycles. The SMILES string of the molecule is CCOP(=O)(OCC)[C@H](N)c1cc(Cl)ccc1N. The molecule has 0 aromatic heterocycles. The topological polar surface area (TPSA) is 87.6 Å². The van der Waals surface area contributed by atoms with E-state index in [2.05, 4.69) is 0 Å². The van der Waals surface area contributed by atoms with Crippen LogP contribution in [0.4, 0.5) is 5.69 Å². The number of hydrogen-bond donors (Lipinski definition) is 2. The minimum absolute atomic E-state index is 0.242. The minimum atomic E-state index is -3.44. The number of halogens is 1. The molecule has 0 heterocycles. The maximum Gasteiger partial charge on any atom is 0.351 e. The number of hydrogen-bond acceptors (Lipinski definition) is 5. The summed E-state index contributed by atoms with van der Waals surface area (Å²) < 4.78 is 22.9. The predicted molar refractivity (Wildman–Crippen MR) is 73.7 cm³/mol. The predicted octanol–water partition coefficient (Wildman–Crippen LogP) is 3.15. The van der Waals surface area contributed by atoms with E-state index in [0.717, 1.165) is 0 Å². The highest BCUT2D eigenvalue weighted by atomic mass is 35.5. The van der Waals surface area contributed by atoms with Crippen molar-refractivity contribution in [2.24, 2.45) is 5.73 Å². The van der Waals surface area contributed by atoms with Gasteiger partial charge in [0.25, 0.3) is 0 Å². The van der Waals surface area contributed by atoms with E-state index >= 15 is 0 Å². The Morgan fingerprint density at radius 3 is 2.39 bits per heavy atom. The second kappa shape index (κ2) is 6.55. The summed E-state index contributed by atoms with van der Waals surface area (Å²) in [5, 5.41) is 0.467. The summed E-state index contributed by atoms with van der Waals surface area (Å²) in [7, 11) is -3.44. The Balaban J connectivity index is 3.13. The molecule has 0 saturated heterocycles. The third-order valence-electron chi connectivity index (χ3n) is 2.33. The number of rotatable bonds is 6. The molecule has 1 rings (SSSR count). The van der Waals surface area contributed by atoms with Crippen molar-refractivity contribution in [3.8, 4) is 0 Å². The number of nitrogen functional groups attached to an aromatic ring is 1. The van der Waals surface area contributed by atoms with Gasteiger partial charge in [-0.25, -0.2) is 0 Å². The van der Waals surface area contributed by atoms with Crippen molar-refractivity contribution >= 4 is 24.9 Å². The molecule has 0 amide bonds. The maximum absolute atomic E-state index is 12.5. The largest absolute Gasteiger partial charge is 0.398 e. The molecule has 0 spiro atoms. The molecular formula is C11H18ClN2O3P. The van der Waals surface area contributed by atoms with Crippen LogP contribution in [0.15, 0.2) is 18.2 Å². The summed E-state index contributed by atoms with van der Waals surface area (Å²) in [6.07, 6.45) is 0. The van der Waals surface area contributed by atoms with Crippen LogP contribution < -0.4 is 11.5 Å². The lowest BCUT2D eigenvalue weighted by molar-refractivity contribution is 0.212. The highest BCUT2D eigenvalue weighted by Gasteiger charge is 2.35. The first-order chi connectivity index (χ1) is 8.44. The van der Waals surface area contributed by atoms with Crippen molar-refractivity contribution < 1.29 is 13.6 Å². The van der Waals surface area contributed by atoms with Crippen LogP contribution in [-0.4, -0.2) is 13.2 Å². The third kappa shape index (κ3) is 3.46. The van der Waals surface area contributed by atoms with Crippen LogP contribution in [0, 0.1) is 0 Å². The lowest BCUT2D eigenvalue weighted by Crippen LogP contribution is -2.16. The van der Waals surface area contributed by atoms with Crippen LogP contribution in [0.1, 0.15) is 25.2 Å². The molecule has 0 radical (unpaired) electrons. The molecule has 0 unspecified atom stereocenters. The van der Waals surface area contributed by atoms with E-state index in [1.165, 1.54) is 0 Å². The van der Waals surface area contributed by atoms with Crippen LogP contribution in [0.5, 0.6) is 0 Å². The van der Waals surface area contributed by atoms with Crippen LogP contribution in [0.2, 0.25) is 5.02 Å². The minimum Gasteiger partial charge on any atom is -0.398 e. The summed E-state index contributed by atoms with van der Waals surface area (Å²) in [4.78, 5) is 0. The molecule has 18 heavy (non-hydrogen) atoms. The van der Waals surface area contributed by atoms with E-state index in [9.17, 15) is 4.57 Å². The molecule has 0 aliphatic carbocycles. The Bertz CT molecular complexity index is 446. The molecule has 5 nitrogen and oxygen atoms in total. The molecule has 1 aromatic carbocycles. The quantitative estimate of drug-likeness (QED) is 0.621. The Labute approximate surface area is 112 Å². The van der Waals surface area contributed by atoms with Gasteiger partial charge in [-0.15, -0.1) is 0 Å². The van der Waals surface area contributed by atoms with Gasteiger partial charge >= 0.3 is 7.60 Å². The van der Waals surface area contributed by atoms with E-state index in [4.69, 9.17) is 32.1 Å². The van der Waals surface area contributed by atoms with Crippen molar-refractivity contribution in [1.29, 1.82) is 0 Å². The monoisotopic (exact) mass is 292 g/mol. The molecule has 0 aliphatic rings. The normalized spacial score (nSPS) is 13.6. The fourth-order valence-electron chi connectivity index (χ4n) is 1.53. The molecule has 102 valence electrons. The van der Waals surface area contributed by atoms with Gasteiger partial charge in [-0.05, 0) is 32.0 Å². The van der Waals surface area contributed by atoms with Gasteiger partial charge < -0.3 is 20.5 Å². The van der Waals surface area contributed by atoms with Gasteiger partial charge in [0.1, 0.15) is 5.78 Å². The number of nitrogens with two attached hydrogens (primary N) is 2. The third-order valence-corrected chi connectivity index (χ3v) is 4.76. The van der Waals surface area contributed by atoms with Gasteiger partial charge in [-0.2, -0.15) is 0 Å². The average molecular weight is 293 g/mol. The van der Waals surface area contributed by atoms with Crippen LogP contribution in [0.3, 0.4) is 0 Å². The van der Waals surface area contributed by atoms with Gasteiger partial charge in [-0.3, -0.25) is 4.57 Å². The van der Waals surface area contributed by atoms with Gasteiger partial charge in [0.15, 0.2) is 0 Å². The van der Waals surface area contributed by atoms with Crippen LogP contribution in [-0.2, 0) is 13.6 Å². The summed E-state index contributed by atoms with van der Waals surface area (Å²) in [6.45, 7) is 3.93. The maximum atomic E-state index is 12.5. The van der Waals surface area contributed by atoms with Gasteiger partial charge in [0.2, 0.25) is 0 Å². The molecule has 0 fully saturated rings. The summed E-state index contributed by atoms with van der Waals surface area (Å²) >= 11 is 5.88. The summed E-state index contributed by atoms with van der Waals surface area (Å²) in [6, 6.07) is 4.82. The van der Waals surface area contributed by atoms with E-state index < -0.39 is 13.4 Å². The van der Waals surface area contributed by atoms with Crippen molar-refractivity contribution in [2.75, 3.05) is 18.9 Å². The second-order valence-electron chi connectivity index (χ2n) is 3.59. The van der Waals surface area contributed by atoms with Gasteiger partial charge in [0.05, 0.1) is 13.2 Å². The first-order valence-corrected chi connectivity index (χ1v) is 7.62. The zero-order valence-electron chi connectivity index (χ0n) is 10.4. The van der Waals surface area contributed by atoms with Crippen LogP contribution in [0.25, 0.3) is 0 Å². The van der Waals surface area contributed by atoms with Crippen molar-refractivity contribution in [2.45, 2.75) is 19.6 Å². The summed E-state index contributed by atoms with van der Waals surface area (Å²) in [5.74, 6) is -0.948. The zero-order valence-corrected chi connectivity index (χ0v) is 12.1. The van der Waals surface area contributed by atoms with Crippen molar-refractivity contribution in [1.82, 2.24) is 0 Å². The van der Waals surface area contributed by atoms with Crippen molar-refractivity contribution in [3.63, 3.8) is 0 Å². The Morgan fingerprint density at radius 1 is 1.33 bits per heavy atom. The highest BCUT2D eigenvalue weighted by molar-refractivity contribution is 7.54. The molecule has 0 bridgehead atoms. The standard InChI is InChI=1S/C11H18ClN2O3P/c1-3-16-18(15,17-4-2)11(14)9-7-8(12)5-6-10(9)13/h5-7,11H,3-4,13-14H2,1-2H3/t11-/m0/s1. The average Bonchev–Trinajstić information content (AvgIpc) is 2.32. The van der Waals surface area contributed by atoms with Gasteiger partial charge in [0, 0.05) is 16.3 Å². The first kappa shape index (κ1) is 15.5. The van der Waals surface area contributed by atoms with Gasteiger partial charge in [-0.1, -0.05) is 11.6 Å². The fourth-order valence-corrected chi connectivity index (χ4v) is 3.39. The Hall–Kier alpha value is -0.580. The Morgan fingerprint density at radius 2 is 1.89 bits per heavy atom. The Kier molecular flexibility index (Phi) is 5.63. The lowest BCUT2D eigenvalue weighted by atomic mass is 10.2. The number of benzene rings is 1. The van der Waals surface area contributed by atoms with Crippen molar-refractivity contribution in [3.05, 3.63) is 28.8 Å². The highest BCUT2D eigenvalue weighted by Crippen LogP contribution is 2.59. The first-order valence-electron chi connectivity index (χ1n) is 5.64. The smallest absolute Gasteiger partial charge is 0.351 e. The molecule has 7 heteroatoms. The van der Waals surface area contributed by atoms with E-state index in [1.807, 2.05) is 0 Å². The number of anilines is 1. The molecular weight excluding hydrogens is 275 g/mol. The summed E-state index contributed by atoms with van der Waals surface area (Å²) in [5.41, 5.74) is 12.6. The van der Waals surface area contributed by atoms with E-state index in [0.29, 0.717) is 16.3 Å². The molecule has 4 N–H and O–H groups in total. The van der Waals surface area contributed by atoms with E-state index in [1.54, 1.807) is 32.0 Å². The van der Waals surface area contributed by atoms with E-state index in [-0.39, 0.29) is 13.2 Å².